The number of hydrogen-bond acceptors (Lipinski definition) is 2. The van der Waals surface area contributed by atoms with Crippen LogP contribution in [0.2, 0.25) is 0 Å². The van der Waals surface area contributed by atoms with Crippen LogP contribution in [0.15, 0.2) is 24.3 Å². The average molecular weight is 243 g/mol. The molecule has 1 aliphatic carbocycles. The third-order valence-electron chi connectivity index (χ3n) is 2.49. The molecule has 3 heteroatoms. The fourth-order valence-corrected chi connectivity index (χ4v) is 2.38. The molecule has 0 aliphatic heterocycles. The van der Waals surface area contributed by atoms with E-state index < -0.39 is 0 Å². The van der Waals surface area contributed by atoms with Crippen LogP contribution in [0.25, 0.3) is 0 Å². The Balaban J connectivity index is 2.27. The Morgan fingerprint density at radius 3 is 2.46 bits per heavy atom. The van der Waals surface area contributed by atoms with Crippen LogP contribution >= 0.6 is 15.9 Å². The maximum absolute atomic E-state index is 8.66. The van der Waals surface area contributed by atoms with Crippen LogP contribution in [0.5, 0.6) is 0 Å². The SMILES string of the molecule is OOC1Cc2ccccc2CC1Br. The van der Waals surface area contributed by atoms with Crippen LogP contribution in [0.4, 0.5) is 0 Å². The van der Waals surface area contributed by atoms with Crippen molar-refractivity contribution in [1.29, 1.82) is 0 Å². The molecule has 70 valence electrons. The molecule has 2 nitrogen and oxygen atoms in total. The Morgan fingerprint density at radius 1 is 1.23 bits per heavy atom. The molecule has 2 unspecified atom stereocenters. The zero-order valence-electron chi connectivity index (χ0n) is 7.11. The highest BCUT2D eigenvalue weighted by molar-refractivity contribution is 9.09. The third kappa shape index (κ3) is 1.77. The summed E-state index contributed by atoms with van der Waals surface area (Å²) in [7, 11) is 0. The molecule has 1 aromatic rings. The Morgan fingerprint density at radius 2 is 1.85 bits per heavy atom. The lowest BCUT2D eigenvalue weighted by atomic mass is 9.90. The van der Waals surface area contributed by atoms with E-state index >= 15 is 0 Å². The van der Waals surface area contributed by atoms with E-state index in [-0.39, 0.29) is 10.9 Å². The van der Waals surface area contributed by atoms with Gasteiger partial charge in [0.2, 0.25) is 0 Å². The Kier molecular flexibility index (Phi) is 2.67. The van der Waals surface area contributed by atoms with Gasteiger partial charge in [0.05, 0.1) is 0 Å². The number of rotatable bonds is 1. The van der Waals surface area contributed by atoms with Gasteiger partial charge in [0.15, 0.2) is 0 Å². The van der Waals surface area contributed by atoms with E-state index in [1.54, 1.807) is 0 Å². The van der Waals surface area contributed by atoms with E-state index in [2.05, 4.69) is 33.0 Å². The molecule has 0 radical (unpaired) electrons. The number of benzene rings is 1. The summed E-state index contributed by atoms with van der Waals surface area (Å²) >= 11 is 3.50. The summed E-state index contributed by atoms with van der Waals surface area (Å²) in [6.45, 7) is 0. The molecule has 2 atom stereocenters. The molecule has 0 bridgehead atoms. The summed E-state index contributed by atoms with van der Waals surface area (Å²) in [5.41, 5.74) is 2.62. The van der Waals surface area contributed by atoms with Crippen LogP contribution < -0.4 is 0 Å². The average Bonchev–Trinajstić information content (AvgIpc) is 2.17. The second-order valence-corrected chi connectivity index (χ2v) is 4.51. The maximum atomic E-state index is 8.66. The summed E-state index contributed by atoms with van der Waals surface area (Å²) in [6, 6.07) is 8.26. The molecule has 0 aromatic heterocycles. The van der Waals surface area contributed by atoms with Crippen molar-refractivity contribution in [2.75, 3.05) is 0 Å². The molecule has 0 spiro atoms. The first-order valence-electron chi connectivity index (χ1n) is 4.32. The standard InChI is InChI=1S/C10H11BrO2/c11-9-5-7-3-1-2-4-8(7)6-10(9)13-12/h1-4,9-10,12H,5-6H2. The molecule has 1 N–H and O–H groups in total. The van der Waals surface area contributed by atoms with Gasteiger partial charge in [-0.05, 0) is 17.5 Å². The molecular weight excluding hydrogens is 232 g/mol. The van der Waals surface area contributed by atoms with Crippen LogP contribution in [0.1, 0.15) is 11.1 Å². The van der Waals surface area contributed by atoms with E-state index in [4.69, 9.17) is 5.26 Å². The Bertz CT molecular complexity index is 301. The first kappa shape index (κ1) is 9.19. The molecule has 0 heterocycles. The molecule has 0 fully saturated rings. The van der Waals surface area contributed by atoms with Gasteiger partial charge < -0.3 is 0 Å². The van der Waals surface area contributed by atoms with E-state index in [1.807, 2.05) is 12.1 Å². The lowest BCUT2D eigenvalue weighted by Crippen LogP contribution is -2.32. The van der Waals surface area contributed by atoms with Gasteiger partial charge in [0.1, 0.15) is 6.10 Å². The van der Waals surface area contributed by atoms with E-state index in [0.29, 0.717) is 0 Å². The van der Waals surface area contributed by atoms with Crippen LogP contribution in [-0.2, 0) is 17.7 Å². The molecule has 1 aromatic carbocycles. The van der Waals surface area contributed by atoms with E-state index in [1.165, 1.54) is 11.1 Å². The Labute approximate surface area is 85.6 Å². The summed E-state index contributed by atoms with van der Waals surface area (Å²) < 4.78 is 0. The molecule has 0 amide bonds. The summed E-state index contributed by atoms with van der Waals surface area (Å²) in [5, 5.41) is 8.66. The van der Waals surface area contributed by atoms with Crippen LogP contribution in [-0.4, -0.2) is 16.2 Å². The largest absolute Gasteiger partial charge is 0.251 e. The van der Waals surface area contributed by atoms with Crippen LogP contribution in [0.3, 0.4) is 0 Å². The first-order valence-corrected chi connectivity index (χ1v) is 5.24. The second kappa shape index (κ2) is 3.78. The van der Waals surface area contributed by atoms with Gasteiger partial charge in [-0.25, -0.2) is 4.89 Å². The molecule has 2 rings (SSSR count). The molecule has 13 heavy (non-hydrogen) atoms. The minimum Gasteiger partial charge on any atom is -0.251 e. The summed E-state index contributed by atoms with van der Waals surface area (Å²) in [4.78, 5) is 4.63. The third-order valence-corrected chi connectivity index (χ3v) is 3.41. The molecule has 0 saturated heterocycles. The van der Waals surface area contributed by atoms with Crippen molar-refractivity contribution < 1.29 is 10.1 Å². The van der Waals surface area contributed by atoms with Gasteiger partial charge in [0, 0.05) is 11.2 Å². The highest BCUT2D eigenvalue weighted by atomic mass is 79.9. The fraction of sp³-hybridized carbons (Fsp3) is 0.400. The predicted octanol–water partition coefficient (Wildman–Crippen LogP) is 2.41. The fourth-order valence-electron chi connectivity index (χ4n) is 1.75. The number of fused-ring (bicyclic) bond motifs is 1. The summed E-state index contributed by atoms with van der Waals surface area (Å²) in [6.07, 6.45) is 1.58. The van der Waals surface area contributed by atoms with Gasteiger partial charge in [-0.1, -0.05) is 40.2 Å². The monoisotopic (exact) mass is 242 g/mol. The molecule has 1 aliphatic rings. The summed E-state index contributed by atoms with van der Waals surface area (Å²) in [5.74, 6) is 0. The zero-order valence-corrected chi connectivity index (χ0v) is 8.70. The van der Waals surface area contributed by atoms with Crippen LogP contribution in [0, 0.1) is 0 Å². The van der Waals surface area contributed by atoms with E-state index in [9.17, 15) is 0 Å². The molecular formula is C10H11BrO2. The zero-order chi connectivity index (χ0) is 9.26. The van der Waals surface area contributed by atoms with Crippen molar-refractivity contribution in [1.82, 2.24) is 0 Å². The van der Waals surface area contributed by atoms with E-state index in [0.717, 1.165) is 12.8 Å². The predicted molar refractivity (Wildman–Crippen MR) is 54.1 cm³/mol. The maximum Gasteiger partial charge on any atom is 0.109 e. The topological polar surface area (TPSA) is 29.5 Å². The normalized spacial score (nSPS) is 26.9. The van der Waals surface area contributed by atoms with Crippen molar-refractivity contribution in [2.45, 2.75) is 23.8 Å². The van der Waals surface area contributed by atoms with Crippen molar-refractivity contribution in [3.63, 3.8) is 0 Å². The quantitative estimate of drug-likeness (QED) is 0.466. The number of halogens is 1. The minimum absolute atomic E-state index is 0.116. The van der Waals surface area contributed by atoms with Crippen molar-refractivity contribution >= 4 is 15.9 Å². The first-order chi connectivity index (χ1) is 6.31. The Hall–Kier alpha value is -0.380. The number of hydrogen-bond donors (Lipinski definition) is 1. The molecule has 0 saturated carbocycles. The van der Waals surface area contributed by atoms with Crippen molar-refractivity contribution in [2.24, 2.45) is 0 Å². The minimum atomic E-state index is -0.116. The highest BCUT2D eigenvalue weighted by Gasteiger charge is 2.27. The smallest absolute Gasteiger partial charge is 0.109 e. The van der Waals surface area contributed by atoms with Gasteiger partial charge in [0.25, 0.3) is 0 Å². The van der Waals surface area contributed by atoms with Gasteiger partial charge in [-0.2, -0.15) is 0 Å². The van der Waals surface area contributed by atoms with Gasteiger partial charge in [-0.15, -0.1) is 0 Å². The number of alkyl halides is 1. The van der Waals surface area contributed by atoms with Crippen molar-refractivity contribution in [3.8, 4) is 0 Å². The lowest BCUT2D eigenvalue weighted by Gasteiger charge is -2.26. The highest BCUT2D eigenvalue weighted by Crippen LogP contribution is 2.27. The van der Waals surface area contributed by atoms with Crippen molar-refractivity contribution in [3.05, 3.63) is 35.4 Å². The second-order valence-electron chi connectivity index (χ2n) is 3.34. The van der Waals surface area contributed by atoms with Gasteiger partial charge >= 0.3 is 0 Å². The lowest BCUT2D eigenvalue weighted by molar-refractivity contribution is -0.278. The van der Waals surface area contributed by atoms with Gasteiger partial charge in [-0.3, -0.25) is 5.26 Å².